The summed E-state index contributed by atoms with van der Waals surface area (Å²) in [6.45, 7) is 2.80. The van der Waals surface area contributed by atoms with Gasteiger partial charge in [0, 0.05) is 0 Å². The molecule has 1 aliphatic rings. The molecule has 0 bridgehead atoms. The van der Waals surface area contributed by atoms with Crippen molar-refractivity contribution in [2.75, 3.05) is 25.9 Å². The molecule has 1 amide bonds. The van der Waals surface area contributed by atoms with E-state index in [0.717, 1.165) is 0 Å². The molecular weight excluding hydrogens is 313 g/mol. The maximum absolute atomic E-state index is 12.0. The van der Waals surface area contributed by atoms with Gasteiger partial charge < -0.3 is 35.1 Å². The molecule has 0 saturated carbocycles. The first-order valence-electron chi connectivity index (χ1n) is 6.98. The number of amides is 1. The second kappa shape index (κ2) is 8.48. The number of aliphatic hydroxyl groups excluding tert-OH is 4. The first kappa shape index (κ1) is 19.7. The van der Waals surface area contributed by atoms with E-state index in [4.69, 9.17) is 14.4 Å². The molecule has 8 nitrogen and oxygen atoms in total. The monoisotopic (exact) mass is 337 g/mol. The zero-order chi connectivity index (χ0) is 16.9. The minimum Gasteiger partial charge on any atom is -0.407 e. The first-order chi connectivity index (χ1) is 10.2. The van der Waals surface area contributed by atoms with Gasteiger partial charge in [-0.25, -0.2) is 0 Å². The van der Waals surface area contributed by atoms with Crippen molar-refractivity contribution < 1.29 is 34.5 Å². The highest BCUT2D eigenvalue weighted by molar-refractivity contribution is 8.00. The summed E-state index contributed by atoms with van der Waals surface area (Å²) in [7, 11) is -0.851. The maximum atomic E-state index is 12.0. The second-order valence-corrected chi connectivity index (χ2v) is 7.02. The lowest BCUT2D eigenvalue weighted by Gasteiger charge is -2.36. The highest BCUT2D eigenvalue weighted by Crippen LogP contribution is 2.21. The molecule has 0 aromatic rings. The fraction of sp³-hybridized carbons (Fsp3) is 0.917. The topological polar surface area (TPSA) is 128 Å². The number of thioether (sulfide) groups is 1. The van der Waals surface area contributed by atoms with E-state index in [2.05, 4.69) is 5.32 Å². The van der Waals surface area contributed by atoms with Crippen molar-refractivity contribution in [3.05, 3.63) is 0 Å². The van der Waals surface area contributed by atoms with Crippen LogP contribution in [-0.2, 0) is 14.1 Å². The van der Waals surface area contributed by atoms with E-state index < -0.39 is 42.9 Å². The summed E-state index contributed by atoms with van der Waals surface area (Å²) in [5.74, 6) is -0.189. The molecule has 1 aliphatic heterocycles. The van der Waals surface area contributed by atoms with E-state index in [9.17, 15) is 20.1 Å². The van der Waals surface area contributed by atoms with E-state index in [1.165, 1.54) is 11.8 Å². The number of hydrogen-bond acceptors (Lipinski definition) is 8. The lowest BCUT2D eigenvalue weighted by Crippen LogP contribution is -2.58. The smallest absolute Gasteiger partial charge is 0.407 e. The molecule has 0 aliphatic carbocycles. The average Bonchev–Trinajstić information content (AvgIpc) is 2.52. The Kier molecular flexibility index (Phi) is 7.59. The third-order valence-electron chi connectivity index (χ3n) is 3.55. The van der Waals surface area contributed by atoms with E-state index in [0.29, 0.717) is 0 Å². The van der Waals surface area contributed by atoms with Crippen LogP contribution in [-0.4, -0.2) is 88.5 Å². The van der Waals surface area contributed by atoms with Gasteiger partial charge >= 0.3 is 7.12 Å². The summed E-state index contributed by atoms with van der Waals surface area (Å²) >= 11 is 1.40. The summed E-state index contributed by atoms with van der Waals surface area (Å²) in [5.41, 5.74) is 0. The number of hydrogen-bond donors (Lipinski definition) is 5. The van der Waals surface area contributed by atoms with E-state index in [-0.39, 0.29) is 19.0 Å². The van der Waals surface area contributed by atoms with Crippen molar-refractivity contribution in [1.29, 1.82) is 0 Å². The SMILES string of the molecule is CSC(C)(C)C(=O)NCB1OCC(O)C(C(O)C(O)CO)O1. The molecule has 1 rings (SSSR count). The van der Waals surface area contributed by atoms with Crippen LogP contribution >= 0.6 is 11.8 Å². The van der Waals surface area contributed by atoms with Crippen LogP contribution < -0.4 is 5.32 Å². The molecule has 0 radical (unpaired) electrons. The molecule has 1 saturated heterocycles. The molecule has 0 aromatic heterocycles. The predicted octanol–water partition coefficient (Wildman–Crippen LogP) is -2.24. The Morgan fingerprint density at radius 2 is 2.14 bits per heavy atom. The van der Waals surface area contributed by atoms with Gasteiger partial charge in [-0.1, -0.05) is 0 Å². The van der Waals surface area contributed by atoms with Gasteiger partial charge in [0.05, 0.1) is 30.5 Å². The summed E-state index contributed by atoms with van der Waals surface area (Å²) in [5, 5.41) is 40.5. The number of aliphatic hydroxyl groups is 4. The Morgan fingerprint density at radius 1 is 1.50 bits per heavy atom. The van der Waals surface area contributed by atoms with E-state index >= 15 is 0 Å². The average molecular weight is 337 g/mol. The van der Waals surface area contributed by atoms with Gasteiger partial charge in [-0.2, -0.15) is 0 Å². The van der Waals surface area contributed by atoms with Crippen LogP contribution in [0.4, 0.5) is 0 Å². The Balaban J connectivity index is 2.55. The van der Waals surface area contributed by atoms with Crippen molar-refractivity contribution in [1.82, 2.24) is 5.32 Å². The molecule has 128 valence electrons. The van der Waals surface area contributed by atoms with Crippen LogP contribution in [0.2, 0.25) is 0 Å². The van der Waals surface area contributed by atoms with Crippen molar-refractivity contribution in [2.24, 2.45) is 0 Å². The molecule has 1 heterocycles. The number of nitrogens with one attached hydrogen (secondary N) is 1. The Hall–Kier alpha value is -0.355. The summed E-state index contributed by atoms with van der Waals surface area (Å²) in [6.07, 6.45) is -3.24. The zero-order valence-corrected chi connectivity index (χ0v) is 13.7. The van der Waals surface area contributed by atoms with Crippen LogP contribution in [0.5, 0.6) is 0 Å². The third-order valence-corrected chi connectivity index (χ3v) is 4.75. The quantitative estimate of drug-likeness (QED) is 0.330. The van der Waals surface area contributed by atoms with Crippen LogP contribution in [0.3, 0.4) is 0 Å². The minimum absolute atomic E-state index is 0.0496. The second-order valence-electron chi connectivity index (χ2n) is 5.60. The molecule has 0 aromatic carbocycles. The molecule has 5 N–H and O–H groups in total. The normalized spacial score (nSPS) is 25.7. The van der Waals surface area contributed by atoms with Crippen molar-refractivity contribution in [3.63, 3.8) is 0 Å². The Labute approximate surface area is 134 Å². The van der Waals surface area contributed by atoms with Gasteiger partial charge in [-0.05, 0) is 20.1 Å². The Morgan fingerprint density at radius 3 is 2.68 bits per heavy atom. The molecule has 4 atom stereocenters. The number of rotatable bonds is 7. The summed E-state index contributed by atoms with van der Waals surface area (Å²) in [6, 6.07) is 0. The highest BCUT2D eigenvalue weighted by Gasteiger charge is 2.41. The van der Waals surface area contributed by atoms with Crippen LogP contribution in [0.25, 0.3) is 0 Å². The Bertz CT molecular complexity index is 373. The maximum Gasteiger partial charge on any atom is 0.477 e. The van der Waals surface area contributed by atoms with E-state index in [1.807, 2.05) is 6.26 Å². The molecule has 10 heteroatoms. The van der Waals surface area contributed by atoms with Gasteiger partial charge in [-0.15, -0.1) is 11.8 Å². The summed E-state index contributed by atoms with van der Waals surface area (Å²) in [4.78, 5) is 12.0. The third kappa shape index (κ3) is 5.09. The number of carbonyl (C=O) groups is 1. The van der Waals surface area contributed by atoms with Crippen molar-refractivity contribution in [2.45, 2.75) is 43.0 Å². The van der Waals surface area contributed by atoms with Crippen molar-refractivity contribution >= 4 is 24.8 Å². The summed E-state index contributed by atoms with van der Waals surface area (Å²) < 4.78 is 10.00. The highest BCUT2D eigenvalue weighted by atomic mass is 32.2. The molecule has 4 unspecified atom stereocenters. The lowest BCUT2D eigenvalue weighted by atomic mass is 9.85. The first-order valence-corrected chi connectivity index (χ1v) is 8.21. The van der Waals surface area contributed by atoms with Gasteiger partial charge in [0.1, 0.15) is 18.3 Å². The predicted molar refractivity (Wildman–Crippen MR) is 82.3 cm³/mol. The molecule has 0 spiro atoms. The fourth-order valence-corrected chi connectivity index (χ4v) is 2.09. The van der Waals surface area contributed by atoms with Crippen LogP contribution in [0, 0.1) is 0 Å². The molecular formula is C12H24BNO7S. The van der Waals surface area contributed by atoms with Gasteiger partial charge in [0.15, 0.2) is 0 Å². The molecule has 1 fully saturated rings. The number of carbonyl (C=O) groups excluding carboxylic acids is 1. The van der Waals surface area contributed by atoms with Gasteiger partial charge in [0.25, 0.3) is 0 Å². The fourth-order valence-electron chi connectivity index (χ4n) is 1.83. The lowest BCUT2D eigenvalue weighted by molar-refractivity contribution is -0.138. The van der Waals surface area contributed by atoms with Crippen LogP contribution in [0.1, 0.15) is 13.8 Å². The largest absolute Gasteiger partial charge is 0.477 e. The standard InChI is InChI=1S/C12H24BNO7S/c1-12(2,22-3)11(19)14-6-13-20-5-8(17)10(21-13)9(18)7(16)4-15/h7-10,15-18H,4-6H2,1-3H3,(H,14,19). The van der Waals surface area contributed by atoms with Crippen molar-refractivity contribution in [3.8, 4) is 0 Å². The van der Waals surface area contributed by atoms with E-state index in [1.54, 1.807) is 13.8 Å². The zero-order valence-electron chi connectivity index (χ0n) is 12.9. The van der Waals surface area contributed by atoms with Gasteiger partial charge in [-0.3, -0.25) is 4.79 Å². The molecule has 22 heavy (non-hydrogen) atoms. The minimum atomic E-state index is -1.45. The van der Waals surface area contributed by atoms with Crippen LogP contribution in [0.15, 0.2) is 0 Å². The van der Waals surface area contributed by atoms with Gasteiger partial charge in [0.2, 0.25) is 5.91 Å².